The van der Waals surface area contributed by atoms with Crippen molar-refractivity contribution in [1.29, 1.82) is 0 Å². The van der Waals surface area contributed by atoms with Crippen LogP contribution in [0.1, 0.15) is 24.3 Å². The number of carbonyl (C=O) groups is 1. The highest BCUT2D eigenvalue weighted by molar-refractivity contribution is 5.93. The van der Waals surface area contributed by atoms with Crippen molar-refractivity contribution < 1.29 is 9.90 Å². The molecule has 0 saturated heterocycles. The van der Waals surface area contributed by atoms with Crippen molar-refractivity contribution >= 4 is 16.9 Å². The zero-order valence-electron chi connectivity index (χ0n) is 16.3. The lowest BCUT2D eigenvalue weighted by molar-refractivity contribution is 0.0692. The van der Waals surface area contributed by atoms with Gasteiger partial charge in [0.2, 0.25) is 0 Å². The number of nitrogens with one attached hydrogen (secondary N) is 2. The first-order chi connectivity index (χ1) is 13.9. The molecule has 3 heterocycles. The first-order valence-electron chi connectivity index (χ1n) is 9.41. The number of pyridine rings is 2. The van der Waals surface area contributed by atoms with Crippen LogP contribution in [0.4, 0.5) is 0 Å². The van der Waals surface area contributed by atoms with Crippen LogP contribution < -0.4 is 5.32 Å². The predicted molar refractivity (Wildman–Crippen MR) is 113 cm³/mol. The topological polar surface area (TPSA) is 90.9 Å². The van der Waals surface area contributed by atoms with Crippen molar-refractivity contribution in [3.63, 3.8) is 0 Å². The lowest BCUT2D eigenvalue weighted by atomic mass is 10.1. The Morgan fingerprint density at radius 1 is 1.07 bits per heavy atom. The Hall–Kier alpha value is -3.51. The number of aromatic nitrogens is 3. The number of H-pyrrole nitrogens is 1. The van der Waals surface area contributed by atoms with Crippen molar-refractivity contribution in [3.8, 4) is 22.5 Å². The van der Waals surface area contributed by atoms with Gasteiger partial charge in [-0.1, -0.05) is 36.4 Å². The Balaban J connectivity index is 1.62. The van der Waals surface area contributed by atoms with E-state index in [2.05, 4.69) is 26.3 Å². The molecule has 6 nitrogen and oxygen atoms in total. The van der Waals surface area contributed by atoms with Crippen LogP contribution in [-0.4, -0.2) is 38.1 Å². The summed E-state index contributed by atoms with van der Waals surface area (Å²) in [5.74, 6) is -0.323. The molecular weight excluding hydrogens is 364 g/mol. The molecule has 1 amide bonds. The molecule has 6 heteroatoms. The van der Waals surface area contributed by atoms with Gasteiger partial charge in [0.25, 0.3) is 5.91 Å². The van der Waals surface area contributed by atoms with Gasteiger partial charge in [-0.3, -0.25) is 4.79 Å². The van der Waals surface area contributed by atoms with Crippen LogP contribution >= 0.6 is 0 Å². The van der Waals surface area contributed by atoms with Crippen molar-refractivity contribution in [2.75, 3.05) is 6.54 Å². The average Bonchev–Trinajstić information content (AvgIpc) is 3.15. The minimum atomic E-state index is -0.979. The summed E-state index contributed by atoms with van der Waals surface area (Å²) in [6.07, 6.45) is 1.74. The van der Waals surface area contributed by atoms with Crippen molar-refractivity contribution in [2.24, 2.45) is 0 Å². The third-order valence-corrected chi connectivity index (χ3v) is 4.51. The summed E-state index contributed by atoms with van der Waals surface area (Å²) in [6, 6.07) is 19.4. The maximum absolute atomic E-state index is 12.3. The molecule has 146 valence electrons. The second-order valence-electron chi connectivity index (χ2n) is 7.61. The molecule has 29 heavy (non-hydrogen) atoms. The van der Waals surface area contributed by atoms with Crippen LogP contribution in [0.15, 0.2) is 66.9 Å². The number of aromatic amines is 1. The molecule has 0 aliphatic rings. The van der Waals surface area contributed by atoms with E-state index in [-0.39, 0.29) is 12.5 Å². The molecule has 4 rings (SSSR count). The molecule has 3 aromatic heterocycles. The third-order valence-electron chi connectivity index (χ3n) is 4.51. The summed E-state index contributed by atoms with van der Waals surface area (Å²) in [7, 11) is 0. The summed E-state index contributed by atoms with van der Waals surface area (Å²) in [5, 5.41) is 13.5. The zero-order chi connectivity index (χ0) is 20.4. The molecule has 0 bridgehead atoms. The van der Waals surface area contributed by atoms with Crippen molar-refractivity contribution in [2.45, 2.75) is 19.4 Å². The minimum Gasteiger partial charge on any atom is -0.389 e. The Bertz CT molecular complexity index is 1160. The monoisotopic (exact) mass is 386 g/mol. The molecule has 0 aliphatic heterocycles. The Morgan fingerprint density at radius 3 is 2.62 bits per heavy atom. The minimum absolute atomic E-state index is 0.150. The number of benzene rings is 1. The van der Waals surface area contributed by atoms with Crippen molar-refractivity contribution in [3.05, 3.63) is 72.6 Å². The second kappa shape index (κ2) is 7.48. The van der Waals surface area contributed by atoms with E-state index in [1.165, 1.54) is 0 Å². The van der Waals surface area contributed by atoms with Crippen LogP contribution in [0.5, 0.6) is 0 Å². The fourth-order valence-electron chi connectivity index (χ4n) is 3.04. The van der Waals surface area contributed by atoms with Gasteiger partial charge in [-0.25, -0.2) is 9.97 Å². The number of aliphatic hydroxyl groups is 1. The van der Waals surface area contributed by atoms with Gasteiger partial charge in [0, 0.05) is 29.4 Å². The molecule has 0 radical (unpaired) electrons. The van der Waals surface area contributed by atoms with Crippen LogP contribution in [0.3, 0.4) is 0 Å². The lowest BCUT2D eigenvalue weighted by Crippen LogP contribution is -2.38. The number of hydrogen-bond donors (Lipinski definition) is 3. The fourth-order valence-corrected chi connectivity index (χ4v) is 3.04. The first kappa shape index (κ1) is 18.8. The third kappa shape index (κ3) is 4.33. The molecule has 0 saturated carbocycles. The van der Waals surface area contributed by atoms with E-state index < -0.39 is 5.60 Å². The fraction of sp³-hybridized carbons (Fsp3) is 0.174. The Kier molecular flexibility index (Phi) is 4.86. The Morgan fingerprint density at radius 2 is 1.86 bits per heavy atom. The quantitative estimate of drug-likeness (QED) is 0.487. The van der Waals surface area contributed by atoms with E-state index in [1.54, 1.807) is 32.2 Å². The smallest absolute Gasteiger partial charge is 0.270 e. The maximum atomic E-state index is 12.3. The standard InChI is InChI=1S/C23H22N4O2/c1-23(2,29)14-25-22(28)19-10-6-9-18(26-19)17-11-16-12-20(27-21(16)24-13-17)15-7-4-3-5-8-15/h3-13,29H,14H2,1-2H3,(H,24,27)(H,25,28). The number of hydrogen-bond acceptors (Lipinski definition) is 4. The van der Waals surface area contributed by atoms with Gasteiger partial charge in [0.05, 0.1) is 11.3 Å². The van der Waals surface area contributed by atoms with E-state index in [4.69, 9.17) is 0 Å². The lowest BCUT2D eigenvalue weighted by Gasteiger charge is -2.17. The molecule has 0 unspecified atom stereocenters. The Labute approximate surface area is 168 Å². The van der Waals surface area contributed by atoms with Gasteiger partial charge in [-0.2, -0.15) is 0 Å². The molecule has 0 atom stereocenters. The van der Waals surface area contributed by atoms with Gasteiger partial charge in [0.1, 0.15) is 11.3 Å². The molecule has 0 aliphatic carbocycles. The molecule has 0 spiro atoms. The van der Waals surface area contributed by atoms with Gasteiger partial charge in [-0.15, -0.1) is 0 Å². The van der Waals surface area contributed by atoms with Crippen LogP contribution in [-0.2, 0) is 0 Å². The van der Waals surface area contributed by atoms with E-state index in [1.807, 2.05) is 42.5 Å². The summed E-state index contributed by atoms with van der Waals surface area (Å²) in [5.41, 5.74) is 3.70. The van der Waals surface area contributed by atoms with Crippen LogP contribution in [0.2, 0.25) is 0 Å². The zero-order valence-corrected chi connectivity index (χ0v) is 16.3. The number of fused-ring (bicyclic) bond motifs is 1. The van der Waals surface area contributed by atoms with Crippen LogP contribution in [0.25, 0.3) is 33.5 Å². The molecular formula is C23H22N4O2. The maximum Gasteiger partial charge on any atom is 0.270 e. The average molecular weight is 386 g/mol. The summed E-state index contributed by atoms with van der Waals surface area (Å²) >= 11 is 0. The van der Waals surface area contributed by atoms with E-state index in [0.717, 1.165) is 27.9 Å². The van der Waals surface area contributed by atoms with Crippen LogP contribution in [0, 0.1) is 0 Å². The number of carbonyl (C=O) groups excluding carboxylic acids is 1. The van der Waals surface area contributed by atoms with E-state index >= 15 is 0 Å². The summed E-state index contributed by atoms with van der Waals surface area (Å²) in [6.45, 7) is 3.42. The van der Waals surface area contributed by atoms with Gasteiger partial charge in [-0.05, 0) is 43.7 Å². The number of amides is 1. The predicted octanol–water partition coefficient (Wildman–Crippen LogP) is 3.79. The second-order valence-corrected chi connectivity index (χ2v) is 7.61. The van der Waals surface area contributed by atoms with E-state index in [0.29, 0.717) is 11.4 Å². The molecule has 3 N–H and O–H groups in total. The van der Waals surface area contributed by atoms with Gasteiger partial charge < -0.3 is 15.4 Å². The highest BCUT2D eigenvalue weighted by Gasteiger charge is 2.16. The largest absolute Gasteiger partial charge is 0.389 e. The van der Waals surface area contributed by atoms with Gasteiger partial charge >= 0.3 is 0 Å². The highest BCUT2D eigenvalue weighted by atomic mass is 16.3. The SMILES string of the molecule is CC(C)(O)CNC(=O)c1cccc(-c2cnc3[nH]c(-c4ccccc4)cc3c2)n1. The summed E-state index contributed by atoms with van der Waals surface area (Å²) < 4.78 is 0. The van der Waals surface area contributed by atoms with E-state index in [9.17, 15) is 9.90 Å². The molecule has 4 aromatic rings. The highest BCUT2D eigenvalue weighted by Crippen LogP contribution is 2.26. The number of nitrogens with zero attached hydrogens (tertiary/aromatic N) is 2. The van der Waals surface area contributed by atoms with Gasteiger partial charge in [0.15, 0.2) is 0 Å². The van der Waals surface area contributed by atoms with Crippen molar-refractivity contribution in [1.82, 2.24) is 20.3 Å². The molecule has 0 fully saturated rings. The molecule has 1 aromatic carbocycles. The first-order valence-corrected chi connectivity index (χ1v) is 9.41. The number of rotatable bonds is 5. The normalized spacial score (nSPS) is 11.6. The summed E-state index contributed by atoms with van der Waals surface area (Å²) in [4.78, 5) is 24.7.